The summed E-state index contributed by atoms with van der Waals surface area (Å²) in [4.78, 5) is 13.6. The van der Waals surface area contributed by atoms with Crippen LogP contribution in [0.3, 0.4) is 0 Å². The van der Waals surface area contributed by atoms with Gasteiger partial charge >= 0.3 is 0 Å². The lowest BCUT2D eigenvalue weighted by atomic mass is 10.2. The van der Waals surface area contributed by atoms with E-state index in [0.717, 1.165) is 24.4 Å². The molecule has 0 spiro atoms. The van der Waals surface area contributed by atoms with E-state index >= 15 is 0 Å². The molecule has 8 heteroatoms. The van der Waals surface area contributed by atoms with Gasteiger partial charge in [0.1, 0.15) is 10.7 Å². The van der Waals surface area contributed by atoms with Crippen LogP contribution in [-0.2, 0) is 9.84 Å². The molecular weight excluding hydrogens is 331 g/mol. The molecule has 1 aromatic heterocycles. The summed E-state index contributed by atoms with van der Waals surface area (Å²) in [7, 11) is -4.39. The van der Waals surface area contributed by atoms with Gasteiger partial charge in [0.25, 0.3) is 0 Å². The number of H-pyrrole nitrogens is 1. The second-order valence-corrected chi connectivity index (χ2v) is 6.67. The van der Waals surface area contributed by atoms with E-state index in [4.69, 9.17) is 0 Å². The minimum atomic E-state index is -4.39. The summed E-state index contributed by atoms with van der Waals surface area (Å²) >= 11 is 0. The lowest BCUT2D eigenvalue weighted by Gasteiger charge is -2.06. The van der Waals surface area contributed by atoms with Gasteiger partial charge in [0, 0.05) is 17.1 Å². The predicted molar refractivity (Wildman–Crippen MR) is 76.3 cm³/mol. The molecule has 3 aromatic rings. The topological polar surface area (TPSA) is 67.0 Å². The molecule has 1 N–H and O–H groups in total. The van der Waals surface area contributed by atoms with Crippen molar-refractivity contribution in [1.82, 2.24) is 4.98 Å². The largest absolute Gasteiger partial charge is 0.360 e. The highest BCUT2D eigenvalue weighted by Crippen LogP contribution is 2.21. The maximum Gasteiger partial charge on any atom is 0.212 e. The molecule has 23 heavy (non-hydrogen) atoms. The van der Waals surface area contributed by atoms with Crippen LogP contribution in [0.2, 0.25) is 0 Å². The van der Waals surface area contributed by atoms with Crippen LogP contribution >= 0.6 is 0 Å². The molecule has 0 aliphatic carbocycles. The number of nitrogens with one attached hydrogen (secondary N) is 1. The Labute approximate surface area is 128 Å². The van der Waals surface area contributed by atoms with E-state index in [1.807, 2.05) is 0 Å². The van der Waals surface area contributed by atoms with Crippen LogP contribution in [-0.4, -0.2) is 13.4 Å². The zero-order chi connectivity index (χ0) is 16.8. The number of sulfone groups is 1. The third-order valence-corrected chi connectivity index (χ3v) is 5.06. The molecule has 0 amide bonds. The molecule has 0 aliphatic rings. The first-order chi connectivity index (χ1) is 10.8. The van der Waals surface area contributed by atoms with Crippen LogP contribution in [0, 0.1) is 17.5 Å². The summed E-state index contributed by atoms with van der Waals surface area (Å²) < 4.78 is 64.4. The van der Waals surface area contributed by atoms with Crippen molar-refractivity contribution in [3.63, 3.8) is 0 Å². The lowest BCUT2D eigenvalue weighted by Crippen LogP contribution is -2.16. The summed E-state index contributed by atoms with van der Waals surface area (Å²) in [5, 5.41) is -0.159. The van der Waals surface area contributed by atoms with Gasteiger partial charge in [-0.2, -0.15) is 0 Å². The molecule has 0 saturated heterocycles. The van der Waals surface area contributed by atoms with Gasteiger partial charge in [0.05, 0.1) is 4.90 Å². The first-order valence-electron chi connectivity index (χ1n) is 6.32. The van der Waals surface area contributed by atoms with Crippen LogP contribution in [0.5, 0.6) is 0 Å². The monoisotopic (exact) mass is 339 g/mol. The number of fused-ring (bicyclic) bond motifs is 1. The summed E-state index contributed by atoms with van der Waals surface area (Å²) in [6.45, 7) is 0. The van der Waals surface area contributed by atoms with E-state index < -0.39 is 42.5 Å². The average Bonchev–Trinajstić information content (AvgIpc) is 2.50. The summed E-state index contributed by atoms with van der Waals surface area (Å²) in [5.41, 5.74) is -0.677. The van der Waals surface area contributed by atoms with Crippen molar-refractivity contribution < 1.29 is 21.6 Å². The van der Waals surface area contributed by atoms with Crippen LogP contribution in [0.1, 0.15) is 0 Å². The molecule has 4 nitrogen and oxygen atoms in total. The van der Waals surface area contributed by atoms with Gasteiger partial charge in [-0.25, -0.2) is 21.6 Å². The second-order valence-electron chi connectivity index (χ2n) is 4.75. The van der Waals surface area contributed by atoms with E-state index in [0.29, 0.717) is 12.1 Å². The highest BCUT2D eigenvalue weighted by atomic mass is 32.2. The number of hydrogen-bond acceptors (Lipinski definition) is 3. The third kappa shape index (κ3) is 2.50. The molecule has 0 aliphatic heterocycles. The standard InChI is InChI=1S/C15H8F3NO3S/c16-8-1-4-13-10(5-8)15(20)14(7-19-13)23(21,22)9-2-3-11(17)12(18)6-9/h1-7H,(H,19,20). The van der Waals surface area contributed by atoms with E-state index in [9.17, 15) is 26.4 Å². The highest BCUT2D eigenvalue weighted by Gasteiger charge is 2.23. The highest BCUT2D eigenvalue weighted by molar-refractivity contribution is 7.91. The summed E-state index contributed by atoms with van der Waals surface area (Å²) in [6.07, 6.45) is 0.944. The molecular formula is C15H8F3NO3S. The van der Waals surface area contributed by atoms with Gasteiger partial charge in [-0.3, -0.25) is 4.79 Å². The first-order valence-corrected chi connectivity index (χ1v) is 7.80. The Hall–Kier alpha value is -2.61. The molecule has 0 saturated carbocycles. The number of halogens is 3. The van der Waals surface area contributed by atoms with Gasteiger partial charge in [-0.15, -0.1) is 0 Å². The van der Waals surface area contributed by atoms with Crippen molar-refractivity contribution >= 4 is 20.7 Å². The average molecular weight is 339 g/mol. The molecule has 0 radical (unpaired) electrons. The Morgan fingerprint density at radius 3 is 2.35 bits per heavy atom. The first kappa shape index (κ1) is 15.3. The van der Waals surface area contributed by atoms with Gasteiger partial charge in [0.15, 0.2) is 11.6 Å². The number of pyridine rings is 1. The van der Waals surface area contributed by atoms with E-state index in [1.54, 1.807) is 0 Å². The summed E-state index contributed by atoms with van der Waals surface area (Å²) in [6, 6.07) is 5.29. The minimum absolute atomic E-state index is 0.159. The fraction of sp³-hybridized carbons (Fsp3) is 0. The number of aromatic amines is 1. The Balaban J connectivity index is 2.28. The van der Waals surface area contributed by atoms with Crippen LogP contribution in [0.4, 0.5) is 13.2 Å². The Morgan fingerprint density at radius 2 is 1.65 bits per heavy atom. The van der Waals surface area contributed by atoms with Crippen molar-refractivity contribution in [2.45, 2.75) is 9.79 Å². The maximum absolute atomic E-state index is 13.3. The number of benzene rings is 2. The summed E-state index contributed by atoms with van der Waals surface area (Å²) in [5.74, 6) is -3.27. The zero-order valence-electron chi connectivity index (χ0n) is 11.3. The Morgan fingerprint density at radius 1 is 0.913 bits per heavy atom. The molecule has 0 unspecified atom stereocenters. The van der Waals surface area contributed by atoms with Crippen LogP contribution in [0.15, 0.2) is 57.2 Å². The van der Waals surface area contributed by atoms with Crippen LogP contribution < -0.4 is 5.43 Å². The molecule has 118 valence electrons. The Bertz CT molecular complexity index is 1090. The Kier molecular flexibility index (Phi) is 3.48. The minimum Gasteiger partial charge on any atom is -0.360 e. The number of rotatable bonds is 2. The fourth-order valence-corrected chi connectivity index (χ4v) is 3.47. The molecule has 3 rings (SSSR count). The van der Waals surface area contributed by atoms with E-state index in [2.05, 4.69) is 4.98 Å². The molecule has 1 heterocycles. The van der Waals surface area contributed by atoms with Crippen LogP contribution in [0.25, 0.3) is 10.9 Å². The molecule has 0 atom stereocenters. The van der Waals surface area contributed by atoms with Gasteiger partial charge in [0.2, 0.25) is 15.3 Å². The predicted octanol–water partition coefficient (Wildman–Crippen LogP) is 2.78. The van der Waals surface area contributed by atoms with Gasteiger partial charge in [-0.1, -0.05) is 0 Å². The SMILES string of the molecule is O=c1c(S(=O)(=O)c2ccc(F)c(F)c2)c[nH]c2ccc(F)cc12. The normalized spacial score (nSPS) is 11.8. The van der Waals surface area contributed by atoms with Crippen molar-refractivity contribution in [3.05, 3.63) is 70.3 Å². The van der Waals surface area contributed by atoms with Gasteiger partial charge in [-0.05, 0) is 36.4 Å². The van der Waals surface area contributed by atoms with Crippen molar-refractivity contribution in [1.29, 1.82) is 0 Å². The van der Waals surface area contributed by atoms with Crippen molar-refractivity contribution in [2.75, 3.05) is 0 Å². The van der Waals surface area contributed by atoms with E-state index in [-0.39, 0.29) is 10.9 Å². The smallest absolute Gasteiger partial charge is 0.212 e. The molecule has 0 fully saturated rings. The quantitative estimate of drug-likeness (QED) is 0.730. The second kappa shape index (κ2) is 5.24. The lowest BCUT2D eigenvalue weighted by molar-refractivity contribution is 0.504. The van der Waals surface area contributed by atoms with Gasteiger partial charge < -0.3 is 4.98 Å². The van der Waals surface area contributed by atoms with Crippen molar-refractivity contribution in [3.8, 4) is 0 Å². The zero-order valence-corrected chi connectivity index (χ0v) is 12.1. The molecule has 2 aromatic carbocycles. The third-order valence-electron chi connectivity index (χ3n) is 3.30. The fourth-order valence-electron chi connectivity index (χ4n) is 2.14. The maximum atomic E-state index is 13.3. The number of hydrogen-bond donors (Lipinski definition) is 1. The molecule has 0 bridgehead atoms. The number of aromatic nitrogens is 1. The van der Waals surface area contributed by atoms with Crippen molar-refractivity contribution in [2.24, 2.45) is 0 Å². The van der Waals surface area contributed by atoms with E-state index in [1.165, 1.54) is 6.07 Å².